The number of primary amides is 1. The van der Waals surface area contributed by atoms with E-state index in [2.05, 4.69) is 10.6 Å². The Balaban J connectivity index is 1.46. The molecule has 4 rings (SSSR count). The fourth-order valence-corrected chi connectivity index (χ4v) is 3.90. The van der Waals surface area contributed by atoms with Gasteiger partial charge in [0, 0.05) is 24.7 Å². The SMILES string of the molecule is NC(=O)n1cc(NC(=O)N2CCC[C@H]2C(=O)NCc2cccc(O)c2)c2ccccc21. The topological polar surface area (TPSA) is 130 Å². The van der Waals surface area contributed by atoms with Crippen LogP contribution in [-0.4, -0.2) is 45.1 Å². The molecule has 1 aliphatic rings. The van der Waals surface area contributed by atoms with Gasteiger partial charge in [0.15, 0.2) is 0 Å². The molecule has 9 heteroatoms. The molecule has 4 amide bonds. The van der Waals surface area contributed by atoms with Crippen LogP contribution in [0, 0.1) is 0 Å². The van der Waals surface area contributed by atoms with E-state index < -0.39 is 18.1 Å². The molecular weight excluding hydrogens is 398 g/mol. The van der Waals surface area contributed by atoms with E-state index in [1.165, 1.54) is 15.7 Å². The van der Waals surface area contributed by atoms with Crippen LogP contribution in [0.2, 0.25) is 0 Å². The summed E-state index contributed by atoms with van der Waals surface area (Å²) < 4.78 is 1.27. The number of aromatic hydroxyl groups is 1. The Labute approximate surface area is 178 Å². The number of nitrogens with zero attached hydrogens (tertiary/aromatic N) is 2. The molecule has 5 N–H and O–H groups in total. The van der Waals surface area contributed by atoms with Crippen LogP contribution in [0.1, 0.15) is 18.4 Å². The minimum atomic E-state index is -0.651. The fraction of sp³-hybridized carbons (Fsp3) is 0.227. The Morgan fingerprint density at radius 2 is 1.94 bits per heavy atom. The molecule has 2 heterocycles. The lowest BCUT2D eigenvalue weighted by atomic mass is 10.2. The van der Waals surface area contributed by atoms with E-state index in [1.54, 1.807) is 48.5 Å². The number of nitrogens with two attached hydrogens (primary N) is 1. The number of phenols is 1. The predicted molar refractivity (Wildman–Crippen MR) is 116 cm³/mol. The maximum atomic E-state index is 12.9. The highest BCUT2D eigenvalue weighted by Crippen LogP contribution is 2.27. The third-order valence-corrected chi connectivity index (χ3v) is 5.38. The number of aromatic nitrogens is 1. The number of amides is 4. The van der Waals surface area contributed by atoms with E-state index in [0.717, 1.165) is 5.56 Å². The number of hydrogen-bond acceptors (Lipinski definition) is 4. The Morgan fingerprint density at radius 1 is 1.13 bits per heavy atom. The predicted octanol–water partition coefficient (Wildman–Crippen LogP) is 2.59. The van der Waals surface area contributed by atoms with Crippen molar-refractivity contribution in [3.05, 3.63) is 60.3 Å². The average molecular weight is 421 g/mol. The number of carbonyl (C=O) groups excluding carboxylic acids is 3. The van der Waals surface area contributed by atoms with Crippen LogP contribution in [0.4, 0.5) is 15.3 Å². The van der Waals surface area contributed by atoms with Crippen LogP contribution in [-0.2, 0) is 11.3 Å². The molecule has 1 fully saturated rings. The van der Waals surface area contributed by atoms with E-state index in [4.69, 9.17) is 5.73 Å². The number of fused-ring (bicyclic) bond motifs is 1. The molecule has 0 spiro atoms. The number of phenolic OH excluding ortho intramolecular Hbond substituents is 1. The minimum absolute atomic E-state index is 0.128. The summed E-state index contributed by atoms with van der Waals surface area (Å²) in [6.45, 7) is 0.704. The summed E-state index contributed by atoms with van der Waals surface area (Å²) in [5, 5.41) is 15.9. The molecular formula is C22H23N5O4. The first-order chi connectivity index (χ1) is 14.9. The van der Waals surface area contributed by atoms with E-state index >= 15 is 0 Å². The Bertz CT molecular complexity index is 1160. The van der Waals surface area contributed by atoms with Crippen molar-refractivity contribution in [1.29, 1.82) is 0 Å². The van der Waals surface area contributed by atoms with Crippen molar-refractivity contribution in [3.8, 4) is 5.75 Å². The first-order valence-corrected chi connectivity index (χ1v) is 9.97. The average Bonchev–Trinajstić information content (AvgIpc) is 3.38. The number of anilines is 1. The second-order valence-electron chi connectivity index (χ2n) is 7.44. The number of nitrogens with one attached hydrogen (secondary N) is 2. The van der Waals surface area contributed by atoms with Gasteiger partial charge in [-0.3, -0.25) is 9.36 Å². The van der Waals surface area contributed by atoms with E-state index in [0.29, 0.717) is 36.0 Å². The van der Waals surface area contributed by atoms with Gasteiger partial charge in [0.25, 0.3) is 0 Å². The van der Waals surface area contributed by atoms with Crippen LogP contribution < -0.4 is 16.4 Å². The summed E-state index contributed by atoms with van der Waals surface area (Å²) in [6, 6.07) is 12.1. The molecule has 1 aliphatic heterocycles. The standard InChI is InChI=1S/C22H23N5O4/c23-21(30)27-13-17(16-7-1-2-8-18(16)27)25-22(31)26-10-4-9-19(26)20(29)24-12-14-5-3-6-15(28)11-14/h1-3,5-8,11,13,19,28H,4,9-10,12H2,(H2,23,30)(H,24,29)(H,25,31)/t19-/m0/s1. The summed E-state index contributed by atoms with van der Waals surface area (Å²) in [5.74, 6) is -0.126. The third-order valence-electron chi connectivity index (χ3n) is 5.38. The highest BCUT2D eigenvalue weighted by atomic mass is 16.3. The maximum Gasteiger partial charge on any atom is 0.323 e. The molecule has 2 aromatic carbocycles. The molecule has 0 unspecified atom stereocenters. The van der Waals surface area contributed by atoms with Gasteiger partial charge in [-0.25, -0.2) is 9.59 Å². The summed E-state index contributed by atoms with van der Waals surface area (Å²) in [4.78, 5) is 38.9. The fourth-order valence-electron chi connectivity index (χ4n) is 3.90. The lowest BCUT2D eigenvalue weighted by molar-refractivity contribution is -0.124. The zero-order valence-corrected chi connectivity index (χ0v) is 16.7. The quantitative estimate of drug-likeness (QED) is 0.516. The number of hydrogen-bond donors (Lipinski definition) is 4. The monoisotopic (exact) mass is 421 g/mol. The second kappa shape index (κ2) is 8.39. The highest BCUT2D eigenvalue weighted by molar-refractivity contribution is 6.05. The van der Waals surface area contributed by atoms with E-state index in [9.17, 15) is 19.5 Å². The third kappa shape index (κ3) is 4.16. The maximum absolute atomic E-state index is 12.9. The van der Waals surface area contributed by atoms with Crippen LogP contribution in [0.25, 0.3) is 10.9 Å². The van der Waals surface area contributed by atoms with E-state index in [-0.39, 0.29) is 18.2 Å². The number of rotatable bonds is 4. The Kier molecular flexibility index (Phi) is 5.48. The first kappa shape index (κ1) is 20.3. The molecule has 9 nitrogen and oxygen atoms in total. The van der Waals surface area contributed by atoms with Crippen molar-refractivity contribution in [2.45, 2.75) is 25.4 Å². The van der Waals surface area contributed by atoms with Crippen molar-refractivity contribution in [2.75, 3.05) is 11.9 Å². The van der Waals surface area contributed by atoms with Gasteiger partial charge in [0.1, 0.15) is 11.8 Å². The van der Waals surface area contributed by atoms with Crippen LogP contribution in [0.15, 0.2) is 54.7 Å². The van der Waals surface area contributed by atoms with Crippen LogP contribution in [0.5, 0.6) is 5.75 Å². The zero-order valence-electron chi connectivity index (χ0n) is 16.7. The zero-order chi connectivity index (χ0) is 22.0. The van der Waals surface area contributed by atoms with Crippen molar-refractivity contribution in [2.24, 2.45) is 5.73 Å². The molecule has 0 bridgehead atoms. The largest absolute Gasteiger partial charge is 0.508 e. The van der Waals surface area contributed by atoms with Crippen molar-refractivity contribution >= 4 is 34.6 Å². The minimum Gasteiger partial charge on any atom is -0.508 e. The van der Waals surface area contributed by atoms with E-state index in [1.807, 2.05) is 0 Å². The van der Waals surface area contributed by atoms with Gasteiger partial charge in [0.2, 0.25) is 5.91 Å². The molecule has 31 heavy (non-hydrogen) atoms. The van der Waals surface area contributed by atoms with Gasteiger partial charge >= 0.3 is 12.1 Å². The van der Waals surface area contributed by atoms with Gasteiger partial charge < -0.3 is 26.4 Å². The molecule has 3 aromatic rings. The molecule has 1 atom stereocenters. The molecule has 0 aliphatic carbocycles. The van der Waals surface area contributed by atoms with Gasteiger partial charge in [0.05, 0.1) is 11.2 Å². The summed E-state index contributed by atoms with van der Waals surface area (Å²) in [7, 11) is 0. The second-order valence-corrected chi connectivity index (χ2v) is 7.44. The van der Waals surface area contributed by atoms with Gasteiger partial charge in [-0.1, -0.05) is 30.3 Å². The Hall–Kier alpha value is -4.01. The van der Waals surface area contributed by atoms with Crippen molar-refractivity contribution in [3.63, 3.8) is 0 Å². The smallest absolute Gasteiger partial charge is 0.323 e. The number of carbonyl (C=O) groups is 3. The van der Waals surface area contributed by atoms with Crippen LogP contribution >= 0.6 is 0 Å². The van der Waals surface area contributed by atoms with Gasteiger partial charge in [-0.05, 0) is 36.6 Å². The summed E-state index contributed by atoms with van der Waals surface area (Å²) >= 11 is 0. The molecule has 0 saturated carbocycles. The van der Waals surface area contributed by atoms with Gasteiger partial charge in [-0.15, -0.1) is 0 Å². The molecule has 1 saturated heterocycles. The summed E-state index contributed by atoms with van der Waals surface area (Å²) in [5.41, 5.74) is 7.24. The normalized spacial score (nSPS) is 15.7. The lowest BCUT2D eigenvalue weighted by Gasteiger charge is -2.24. The number of urea groups is 1. The summed E-state index contributed by atoms with van der Waals surface area (Å²) in [6.07, 6.45) is 2.75. The number of benzene rings is 2. The first-order valence-electron chi connectivity index (χ1n) is 9.97. The molecule has 0 radical (unpaired) electrons. The molecule has 1 aromatic heterocycles. The van der Waals surface area contributed by atoms with Gasteiger partial charge in [-0.2, -0.15) is 0 Å². The number of para-hydroxylation sites is 1. The van der Waals surface area contributed by atoms with Crippen molar-refractivity contribution in [1.82, 2.24) is 14.8 Å². The van der Waals surface area contributed by atoms with Crippen molar-refractivity contribution < 1.29 is 19.5 Å². The number of likely N-dealkylation sites (tertiary alicyclic amines) is 1. The Morgan fingerprint density at radius 3 is 2.71 bits per heavy atom. The highest BCUT2D eigenvalue weighted by Gasteiger charge is 2.34. The lowest BCUT2D eigenvalue weighted by Crippen LogP contribution is -2.47. The van der Waals surface area contributed by atoms with Crippen LogP contribution in [0.3, 0.4) is 0 Å². The molecule has 160 valence electrons.